The summed E-state index contributed by atoms with van der Waals surface area (Å²) in [7, 11) is 0. The van der Waals surface area contributed by atoms with Crippen LogP contribution in [0.1, 0.15) is 32.1 Å². The number of hydrogen-bond acceptors (Lipinski definition) is 3. The van der Waals surface area contributed by atoms with Gasteiger partial charge in [-0.1, -0.05) is 0 Å². The maximum Gasteiger partial charge on any atom is 0.0468 e. The molecule has 0 bridgehead atoms. The van der Waals surface area contributed by atoms with E-state index in [1.54, 1.807) is 0 Å². The summed E-state index contributed by atoms with van der Waals surface area (Å²) in [5.41, 5.74) is 2.88. The molecule has 0 aromatic heterocycles. The molecule has 1 heterocycles. The van der Waals surface area contributed by atoms with Crippen molar-refractivity contribution in [3.8, 4) is 0 Å². The van der Waals surface area contributed by atoms with Crippen LogP contribution in [0.25, 0.3) is 0 Å². The fourth-order valence-corrected chi connectivity index (χ4v) is 2.13. The molecule has 0 aromatic rings. The van der Waals surface area contributed by atoms with Crippen LogP contribution in [-0.2, 0) is 4.74 Å². The van der Waals surface area contributed by atoms with E-state index < -0.39 is 0 Å². The highest BCUT2D eigenvalue weighted by Crippen LogP contribution is 2.21. The van der Waals surface area contributed by atoms with E-state index >= 15 is 0 Å². The maximum absolute atomic E-state index is 5.66. The molecule has 0 aliphatic carbocycles. The lowest BCUT2D eigenvalue weighted by Gasteiger charge is -2.26. The van der Waals surface area contributed by atoms with E-state index in [4.69, 9.17) is 22.2 Å². The Balaban J connectivity index is 2.16. The summed E-state index contributed by atoms with van der Waals surface area (Å²) < 4.78 is 5.32. The molecule has 3 nitrogen and oxygen atoms in total. The Morgan fingerprint density at radius 3 is 2.71 bits per heavy atom. The molecule has 1 unspecified atom stereocenters. The van der Waals surface area contributed by atoms with Crippen LogP contribution in [0.3, 0.4) is 0 Å². The zero-order valence-electron chi connectivity index (χ0n) is 8.68. The fraction of sp³-hybridized carbons (Fsp3) is 1.00. The van der Waals surface area contributed by atoms with Gasteiger partial charge < -0.3 is 4.74 Å². The molecule has 0 aromatic carbocycles. The minimum atomic E-state index is 0.428. The van der Waals surface area contributed by atoms with Crippen LogP contribution in [0, 0.1) is 5.92 Å². The van der Waals surface area contributed by atoms with Crippen LogP contribution < -0.4 is 11.3 Å². The monoisotopic (exact) mass is 220 g/mol. The molecule has 0 radical (unpaired) electrons. The number of nitrogens with two attached hydrogens (primary N) is 1. The molecule has 1 fully saturated rings. The molecule has 1 saturated heterocycles. The SMILES string of the molecule is NNC(CCCCl)CC1CCOCC1. The molecule has 0 amide bonds. The molecule has 0 spiro atoms. The van der Waals surface area contributed by atoms with Crippen molar-refractivity contribution in [2.24, 2.45) is 11.8 Å². The molecule has 0 saturated carbocycles. The third-order valence-corrected chi connectivity index (χ3v) is 3.15. The predicted octanol–water partition coefficient (Wildman–Crippen LogP) is 1.65. The highest BCUT2D eigenvalue weighted by Gasteiger charge is 2.18. The van der Waals surface area contributed by atoms with Crippen molar-refractivity contribution in [3.63, 3.8) is 0 Å². The van der Waals surface area contributed by atoms with Gasteiger partial charge in [-0.2, -0.15) is 0 Å². The normalized spacial score (nSPS) is 21.0. The Kier molecular flexibility index (Phi) is 6.52. The summed E-state index contributed by atoms with van der Waals surface area (Å²) in [5.74, 6) is 7.01. The number of hydrogen-bond donors (Lipinski definition) is 2. The smallest absolute Gasteiger partial charge is 0.0468 e. The number of alkyl halides is 1. The quantitative estimate of drug-likeness (QED) is 0.407. The molecule has 14 heavy (non-hydrogen) atoms. The Bertz CT molecular complexity index is 140. The lowest BCUT2D eigenvalue weighted by molar-refractivity contribution is 0.0602. The summed E-state index contributed by atoms with van der Waals surface area (Å²) in [6, 6.07) is 0.428. The number of hydrazine groups is 1. The van der Waals surface area contributed by atoms with Gasteiger partial charge in [0.2, 0.25) is 0 Å². The van der Waals surface area contributed by atoms with Gasteiger partial charge in [0.25, 0.3) is 0 Å². The fourth-order valence-electron chi connectivity index (χ4n) is 1.98. The minimum Gasteiger partial charge on any atom is -0.381 e. The van der Waals surface area contributed by atoms with Crippen LogP contribution in [-0.4, -0.2) is 25.1 Å². The van der Waals surface area contributed by atoms with Gasteiger partial charge in [0, 0.05) is 25.1 Å². The largest absolute Gasteiger partial charge is 0.381 e. The Labute approximate surface area is 91.3 Å². The Morgan fingerprint density at radius 1 is 1.43 bits per heavy atom. The van der Waals surface area contributed by atoms with E-state index in [0.29, 0.717) is 6.04 Å². The Hall–Kier alpha value is 0.170. The van der Waals surface area contributed by atoms with Gasteiger partial charge in [0.05, 0.1) is 0 Å². The van der Waals surface area contributed by atoms with Crippen molar-refractivity contribution >= 4 is 11.6 Å². The van der Waals surface area contributed by atoms with E-state index in [2.05, 4.69) is 5.43 Å². The second kappa shape index (κ2) is 7.46. The lowest BCUT2D eigenvalue weighted by Crippen LogP contribution is -2.37. The Morgan fingerprint density at radius 2 is 2.14 bits per heavy atom. The highest BCUT2D eigenvalue weighted by molar-refractivity contribution is 6.17. The van der Waals surface area contributed by atoms with Crippen LogP contribution in [0.2, 0.25) is 0 Å². The van der Waals surface area contributed by atoms with Gasteiger partial charge in [0.15, 0.2) is 0 Å². The summed E-state index contributed by atoms with van der Waals surface area (Å²) in [6.07, 6.45) is 5.64. The zero-order valence-corrected chi connectivity index (χ0v) is 9.43. The van der Waals surface area contributed by atoms with E-state index in [1.807, 2.05) is 0 Å². The number of halogens is 1. The first kappa shape index (κ1) is 12.2. The van der Waals surface area contributed by atoms with Crippen molar-refractivity contribution in [3.05, 3.63) is 0 Å². The van der Waals surface area contributed by atoms with Gasteiger partial charge in [-0.25, -0.2) is 0 Å². The second-order valence-electron chi connectivity index (χ2n) is 3.99. The van der Waals surface area contributed by atoms with Gasteiger partial charge in [-0.15, -0.1) is 11.6 Å². The summed E-state index contributed by atoms with van der Waals surface area (Å²) in [4.78, 5) is 0. The standard InChI is InChI=1S/C10H21ClN2O/c11-5-1-2-10(13-12)8-9-3-6-14-7-4-9/h9-10,13H,1-8,12H2. The number of rotatable bonds is 6. The average molecular weight is 221 g/mol. The summed E-state index contributed by atoms with van der Waals surface area (Å²) in [5, 5.41) is 0. The minimum absolute atomic E-state index is 0.428. The first-order chi connectivity index (χ1) is 6.86. The zero-order chi connectivity index (χ0) is 10.2. The van der Waals surface area contributed by atoms with Crippen LogP contribution >= 0.6 is 11.6 Å². The molecule has 1 aliphatic rings. The van der Waals surface area contributed by atoms with Crippen LogP contribution in [0.5, 0.6) is 0 Å². The van der Waals surface area contributed by atoms with Crippen LogP contribution in [0.4, 0.5) is 0 Å². The topological polar surface area (TPSA) is 47.3 Å². The predicted molar refractivity (Wildman–Crippen MR) is 59.2 cm³/mol. The van der Waals surface area contributed by atoms with Crippen molar-refractivity contribution in [1.82, 2.24) is 5.43 Å². The van der Waals surface area contributed by atoms with Crippen molar-refractivity contribution < 1.29 is 4.74 Å². The molecule has 1 rings (SSSR count). The van der Waals surface area contributed by atoms with Crippen molar-refractivity contribution in [1.29, 1.82) is 0 Å². The highest BCUT2D eigenvalue weighted by atomic mass is 35.5. The van der Waals surface area contributed by atoms with Crippen LogP contribution in [0.15, 0.2) is 0 Å². The first-order valence-corrected chi connectivity index (χ1v) is 6.00. The molecular weight excluding hydrogens is 200 g/mol. The molecule has 3 N–H and O–H groups in total. The van der Waals surface area contributed by atoms with Gasteiger partial charge >= 0.3 is 0 Å². The van der Waals surface area contributed by atoms with Gasteiger partial charge in [-0.05, 0) is 38.0 Å². The second-order valence-corrected chi connectivity index (χ2v) is 4.36. The first-order valence-electron chi connectivity index (χ1n) is 5.46. The third-order valence-electron chi connectivity index (χ3n) is 2.88. The third kappa shape index (κ3) is 4.60. The molecule has 84 valence electrons. The van der Waals surface area contributed by atoms with Gasteiger partial charge in [-0.3, -0.25) is 11.3 Å². The lowest BCUT2D eigenvalue weighted by atomic mass is 9.91. The van der Waals surface area contributed by atoms with E-state index in [0.717, 1.165) is 44.3 Å². The van der Waals surface area contributed by atoms with Crippen molar-refractivity contribution in [2.75, 3.05) is 19.1 Å². The average Bonchev–Trinajstić information content (AvgIpc) is 2.25. The summed E-state index contributed by atoms with van der Waals surface area (Å²) >= 11 is 5.66. The molecule has 1 atom stereocenters. The van der Waals surface area contributed by atoms with Gasteiger partial charge in [0.1, 0.15) is 0 Å². The van der Waals surface area contributed by atoms with E-state index in [-0.39, 0.29) is 0 Å². The molecule has 1 aliphatic heterocycles. The van der Waals surface area contributed by atoms with E-state index in [1.165, 1.54) is 12.8 Å². The van der Waals surface area contributed by atoms with Crippen molar-refractivity contribution in [2.45, 2.75) is 38.1 Å². The maximum atomic E-state index is 5.66. The molecule has 4 heteroatoms. The molecular formula is C10H21ClN2O. The van der Waals surface area contributed by atoms with E-state index in [9.17, 15) is 0 Å². The number of nitrogens with one attached hydrogen (secondary N) is 1. The number of ether oxygens (including phenoxy) is 1. The summed E-state index contributed by atoms with van der Waals surface area (Å²) in [6.45, 7) is 1.83.